The van der Waals surface area contributed by atoms with Crippen molar-refractivity contribution >= 4 is 40.5 Å². The van der Waals surface area contributed by atoms with E-state index in [2.05, 4.69) is 10.3 Å². The Bertz CT molecular complexity index is 917. The molecule has 0 amide bonds. The number of aromatic nitrogens is 1. The Balaban J connectivity index is 1.57. The molecule has 0 radical (unpaired) electrons. The molecule has 2 aliphatic rings. The smallest absolute Gasteiger partial charge is 0.311 e. The highest BCUT2D eigenvalue weighted by atomic mass is 32.2. The van der Waals surface area contributed by atoms with Crippen LogP contribution >= 0.6 is 11.8 Å². The molecule has 0 unspecified atom stereocenters. The fourth-order valence-corrected chi connectivity index (χ4v) is 4.64. The lowest BCUT2D eigenvalue weighted by molar-refractivity contribution is -0.384. The molecule has 2 saturated heterocycles. The van der Waals surface area contributed by atoms with Crippen LogP contribution in [0.3, 0.4) is 0 Å². The molecule has 160 valence electrons. The number of nitrogens with one attached hydrogen (secondary N) is 1. The Morgan fingerprint density at radius 2 is 1.87 bits per heavy atom. The highest BCUT2D eigenvalue weighted by molar-refractivity contribution is 7.99. The van der Waals surface area contributed by atoms with Crippen LogP contribution in [-0.4, -0.2) is 58.8 Å². The summed E-state index contributed by atoms with van der Waals surface area (Å²) >= 11 is 1.86. The third kappa shape index (κ3) is 4.59. The first kappa shape index (κ1) is 20.7. The molecular weight excluding hydrogens is 409 g/mol. The van der Waals surface area contributed by atoms with Crippen LogP contribution in [0, 0.1) is 15.9 Å². The van der Waals surface area contributed by atoms with Crippen LogP contribution in [0.1, 0.15) is 12.8 Å². The molecule has 0 bridgehead atoms. The zero-order valence-electron chi connectivity index (χ0n) is 16.5. The zero-order chi connectivity index (χ0) is 21.1. The molecule has 2 N–H and O–H groups in total. The van der Waals surface area contributed by atoms with Crippen molar-refractivity contribution in [2.75, 3.05) is 52.8 Å². The van der Waals surface area contributed by atoms with Gasteiger partial charge in [0.15, 0.2) is 0 Å². The maximum absolute atomic E-state index is 14.7. The van der Waals surface area contributed by atoms with Crippen molar-refractivity contribution in [1.29, 1.82) is 0 Å². The van der Waals surface area contributed by atoms with Gasteiger partial charge in [-0.1, -0.05) is 0 Å². The molecular formula is C20H24FN5O3S. The van der Waals surface area contributed by atoms with E-state index in [0.717, 1.165) is 24.6 Å². The van der Waals surface area contributed by atoms with Gasteiger partial charge in [-0.3, -0.25) is 10.1 Å². The molecule has 0 atom stereocenters. The number of anilines is 4. The summed E-state index contributed by atoms with van der Waals surface area (Å²) in [7, 11) is 0. The van der Waals surface area contributed by atoms with Gasteiger partial charge in [-0.25, -0.2) is 9.37 Å². The molecule has 2 aliphatic heterocycles. The largest absolute Gasteiger partial charge is 0.393 e. The summed E-state index contributed by atoms with van der Waals surface area (Å²) in [6.07, 6.45) is 0.934. The normalized spacial score (nSPS) is 17.8. The molecule has 0 saturated carbocycles. The third-order valence-electron chi connectivity index (χ3n) is 5.41. The summed E-state index contributed by atoms with van der Waals surface area (Å²) in [5, 5.41) is 24.1. The van der Waals surface area contributed by atoms with Gasteiger partial charge in [0.2, 0.25) is 5.82 Å². The van der Waals surface area contributed by atoms with Crippen molar-refractivity contribution in [1.82, 2.24) is 4.98 Å². The van der Waals surface area contributed by atoms with E-state index in [1.807, 2.05) is 21.6 Å². The van der Waals surface area contributed by atoms with Gasteiger partial charge in [-0.15, -0.1) is 0 Å². The van der Waals surface area contributed by atoms with Crippen LogP contribution < -0.4 is 15.1 Å². The Morgan fingerprint density at radius 3 is 2.53 bits per heavy atom. The van der Waals surface area contributed by atoms with E-state index >= 15 is 0 Å². The zero-order valence-corrected chi connectivity index (χ0v) is 17.3. The van der Waals surface area contributed by atoms with Gasteiger partial charge in [0.1, 0.15) is 11.6 Å². The SMILES string of the molecule is O=[N+]([O-])c1ccc(N2CCC(O)CC2)nc1Nc1ccc(N2CCSCC2)c(F)c1. The number of piperidine rings is 1. The molecule has 10 heteroatoms. The number of halogens is 1. The lowest BCUT2D eigenvalue weighted by Crippen LogP contribution is -2.36. The van der Waals surface area contributed by atoms with Crippen molar-refractivity contribution in [3.63, 3.8) is 0 Å². The van der Waals surface area contributed by atoms with E-state index in [-0.39, 0.29) is 23.4 Å². The number of aliphatic hydroxyl groups excluding tert-OH is 1. The van der Waals surface area contributed by atoms with Gasteiger partial charge in [-0.2, -0.15) is 11.8 Å². The number of nitrogens with zero attached hydrogens (tertiary/aromatic N) is 4. The number of benzene rings is 1. The summed E-state index contributed by atoms with van der Waals surface area (Å²) in [6.45, 7) is 2.85. The molecule has 0 aliphatic carbocycles. The topological polar surface area (TPSA) is 94.8 Å². The van der Waals surface area contributed by atoms with Gasteiger partial charge >= 0.3 is 5.69 Å². The first-order valence-electron chi connectivity index (χ1n) is 9.99. The maximum Gasteiger partial charge on any atom is 0.311 e. The van der Waals surface area contributed by atoms with Crippen molar-refractivity contribution < 1.29 is 14.4 Å². The second kappa shape index (κ2) is 9.05. The standard InChI is InChI=1S/C20H24FN5O3S/c21-16-13-14(1-2-17(16)24-9-11-30-12-10-24)22-20-18(26(28)29)3-4-19(23-20)25-7-5-15(27)6-8-25/h1-4,13,15,27H,5-12H2,(H,22,23). The minimum absolute atomic E-state index is 0.0742. The van der Waals surface area contributed by atoms with Gasteiger partial charge in [0.25, 0.3) is 0 Å². The molecule has 2 fully saturated rings. The van der Waals surface area contributed by atoms with Crippen LogP contribution in [-0.2, 0) is 0 Å². The highest BCUT2D eigenvalue weighted by Gasteiger charge is 2.23. The van der Waals surface area contributed by atoms with E-state index in [1.165, 1.54) is 12.1 Å². The number of pyridine rings is 1. The number of hydrogen-bond acceptors (Lipinski definition) is 8. The molecule has 3 heterocycles. The predicted octanol–water partition coefficient (Wildman–Crippen LogP) is 3.39. The summed E-state index contributed by atoms with van der Waals surface area (Å²) in [4.78, 5) is 19.4. The van der Waals surface area contributed by atoms with Gasteiger partial charge in [0, 0.05) is 49.4 Å². The predicted molar refractivity (Wildman–Crippen MR) is 118 cm³/mol. The molecule has 8 nitrogen and oxygen atoms in total. The summed E-state index contributed by atoms with van der Waals surface area (Å²) in [6, 6.07) is 7.79. The molecule has 2 aromatic rings. The summed E-state index contributed by atoms with van der Waals surface area (Å²) in [5.74, 6) is 2.24. The minimum atomic E-state index is -0.505. The quantitative estimate of drug-likeness (QED) is 0.547. The van der Waals surface area contributed by atoms with Crippen LogP contribution in [0.15, 0.2) is 30.3 Å². The monoisotopic (exact) mass is 433 g/mol. The Morgan fingerprint density at radius 1 is 1.13 bits per heavy atom. The number of thioether (sulfide) groups is 1. The van der Waals surface area contributed by atoms with Crippen molar-refractivity contribution in [2.45, 2.75) is 18.9 Å². The fourth-order valence-electron chi connectivity index (χ4n) is 3.73. The Labute approximate surface area is 178 Å². The number of hydrogen-bond donors (Lipinski definition) is 2. The number of rotatable bonds is 5. The van der Waals surface area contributed by atoms with Crippen molar-refractivity contribution in [2.24, 2.45) is 0 Å². The lowest BCUT2D eigenvalue weighted by Gasteiger charge is -2.30. The number of aliphatic hydroxyl groups is 1. The molecule has 0 spiro atoms. The highest BCUT2D eigenvalue weighted by Crippen LogP contribution is 2.31. The summed E-state index contributed by atoms with van der Waals surface area (Å²) < 4.78 is 14.7. The average Bonchev–Trinajstić information content (AvgIpc) is 2.75. The Hall–Kier alpha value is -2.59. The second-order valence-electron chi connectivity index (χ2n) is 7.40. The van der Waals surface area contributed by atoms with Gasteiger partial charge < -0.3 is 20.2 Å². The van der Waals surface area contributed by atoms with E-state index in [9.17, 15) is 19.6 Å². The minimum Gasteiger partial charge on any atom is -0.393 e. The summed E-state index contributed by atoms with van der Waals surface area (Å²) in [5.41, 5.74) is 0.779. The second-order valence-corrected chi connectivity index (χ2v) is 8.63. The van der Waals surface area contributed by atoms with Crippen molar-refractivity contribution in [3.8, 4) is 0 Å². The van der Waals surface area contributed by atoms with Crippen LogP contribution in [0.2, 0.25) is 0 Å². The molecule has 1 aromatic heterocycles. The van der Waals surface area contributed by atoms with E-state index in [4.69, 9.17) is 0 Å². The molecule has 30 heavy (non-hydrogen) atoms. The third-order valence-corrected chi connectivity index (χ3v) is 6.35. The van der Waals surface area contributed by atoms with Crippen LogP contribution in [0.25, 0.3) is 0 Å². The maximum atomic E-state index is 14.7. The van der Waals surface area contributed by atoms with Crippen molar-refractivity contribution in [3.05, 3.63) is 46.3 Å². The van der Waals surface area contributed by atoms with E-state index in [1.54, 1.807) is 18.2 Å². The van der Waals surface area contributed by atoms with E-state index in [0.29, 0.717) is 43.1 Å². The van der Waals surface area contributed by atoms with Crippen LogP contribution in [0.4, 0.5) is 33.1 Å². The van der Waals surface area contributed by atoms with Crippen LogP contribution in [0.5, 0.6) is 0 Å². The first-order valence-corrected chi connectivity index (χ1v) is 11.1. The molecule has 4 rings (SSSR count). The molecule has 1 aromatic carbocycles. The Kier molecular flexibility index (Phi) is 6.24. The number of nitro groups is 1. The first-order chi connectivity index (χ1) is 14.5. The lowest BCUT2D eigenvalue weighted by atomic mass is 10.1. The van der Waals surface area contributed by atoms with E-state index < -0.39 is 4.92 Å². The van der Waals surface area contributed by atoms with Gasteiger partial charge in [0.05, 0.1) is 16.7 Å². The average molecular weight is 434 g/mol. The fraction of sp³-hybridized carbons (Fsp3) is 0.450. The van der Waals surface area contributed by atoms with Gasteiger partial charge in [-0.05, 0) is 37.1 Å².